The van der Waals surface area contributed by atoms with Crippen LogP contribution in [-0.2, 0) is 0 Å². The minimum Gasteiger partial charge on any atom is -0.497 e. The van der Waals surface area contributed by atoms with E-state index in [0.717, 1.165) is 11.6 Å². The largest absolute Gasteiger partial charge is 0.497 e. The molecule has 2 N–H and O–H groups in total. The van der Waals surface area contributed by atoms with E-state index in [4.69, 9.17) is 13.9 Å². The van der Waals surface area contributed by atoms with Crippen molar-refractivity contribution in [2.75, 3.05) is 19.5 Å². The number of ether oxygens (including phenoxy) is 2. The van der Waals surface area contributed by atoms with Crippen LogP contribution in [0.5, 0.6) is 11.5 Å². The number of amides is 1. The number of benzene rings is 3. The normalized spacial score (nSPS) is 10.6. The van der Waals surface area contributed by atoms with Crippen molar-refractivity contribution in [1.82, 2.24) is 0 Å². The van der Waals surface area contributed by atoms with Gasteiger partial charge in [0.15, 0.2) is 11.0 Å². The van der Waals surface area contributed by atoms with E-state index in [1.54, 1.807) is 61.7 Å². The Morgan fingerprint density at radius 3 is 2.27 bits per heavy atom. The molecule has 4 rings (SSSR count). The first kappa shape index (κ1) is 21.6. The standard InChI is InChI=1S/C25H19NO7/c1-31-17-8-6-14(7-9-17)24(28)26-20-12-16(15-4-3-5-18(10-15)32-2)11-19-21(27)13-22(25(29)30)33-23(19)20/h3-13H,1-2H3,(H,26,28)(H,29,30). The second kappa shape index (κ2) is 8.88. The second-order valence-corrected chi connectivity index (χ2v) is 7.10. The fourth-order valence-electron chi connectivity index (χ4n) is 3.36. The van der Waals surface area contributed by atoms with Crippen LogP contribution in [0.15, 0.2) is 75.9 Å². The van der Waals surface area contributed by atoms with Crippen LogP contribution in [-0.4, -0.2) is 31.2 Å². The summed E-state index contributed by atoms with van der Waals surface area (Å²) in [6.45, 7) is 0. The van der Waals surface area contributed by atoms with E-state index in [1.165, 1.54) is 7.11 Å². The summed E-state index contributed by atoms with van der Waals surface area (Å²) >= 11 is 0. The third-order valence-corrected chi connectivity index (χ3v) is 5.04. The Hall–Kier alpha value is -4.59. The molecule has 0 fully saturated rings. The van der Waals surface area contributed by atoms with Crippen LogP contribution >= 0.6 is 0 Å². The predicted octanol–water partition coefficient (Wildman–Crippen LogP) is 4.43. The Kier molecular flexibility index (Phi) is 5.82. The van der Waals surface area contributed by atoms with Crippen molar-refractivity contribution in [3.8, 4) is 22.6 Å². The fourth-order valence-corrected chi connectivity index (χ4v) is 3.36. The van der Waals surface area contributed by atoms with Crippen molar-refractivity contribution in [3.63, 3.8) is 0 Å². The average Bonchev–Trinajstić information content (AvgIpc) is 2.84. The van der Waals surface area contributed by atoms with Crippen molar-refractivity contribution in [1.29, 1.82) is 0 Å². The van der Waals surface area contributed by atoms with E-state index >= 15 is 0 Å². The number of hydrogen-bond donors (Lipinski definition) is 2. The van der Waals surface area contributed by atoms with Crippen LogP contribution in [0, 0.1) is 0 Å². The summed E-state index contributed by atoms with van der Waals surface area (Å²) in [5.41, 5.74) is 1.27. The van der Waals surface area contributed by atoms with Crippen LogP contribution in [0.4, 0.5) is 5.69 Å². The number of nitrogens with one attached hydrogen (secondary N) is 1. The molecule has 1 amide bonds. The van der Waals surface area contributed by atoms with Crippen LogP contribution in [0.3, 0.4) is 0 Å². The minimum atomic E-state index is -1.39. The third kappa shape index (κ3) is 4.40. The first-order chi connectivity index (χ1) is 15.9. The van der Waals surface area contributed by atoms with Gasteiger partial charge in [0.25, 0.3) is 5.91 Å². The molecule has 8 heteroatoms. The van der Waals surface area contributed by atoms with Crippen LogP contribution in [0.25, 0.3) is 22.1 Å². The fraction of sp³-hybridized carbons (Fsp3) is 0.0800. The van der Waals surface area contributed by atoms with E-state index in [0.29, 0.717) is 22.6 Å². The van der Waals surface area contributed by atoms with Gasteiger partial charge in [-0.05, 0) is 59.7 Å². The smallest absolute Gasteiger partial charge is 0.371 e. The van der Waals surface area contributed by atoms with Gasteiger partial charge in [0.1, 0.15) is 11.5 Å². The highest BCUT2D eigenvalue weighted by atomic mass is 16.5. The van der Waals surface area contributed by atoms with E-state index < -0.39 is 23.1 Å². The number of methoxy groups -OCH3 is 2. The Bertz CT molecular complexity index is 1420. The predicted molar refractivity (Wildman–Crippen MR) is 122 cm³/mol. The van der Waals surface area contributed by atoms with E-state index in [-0.39, 0.29) is 16.7 Å². The van der Waals surface area contributed by atoms with Crippen molar-refractivity contribution in [2.24, 2.45) is 0 Å². The van der Waals surface area contributed by atoms with Crippen molar-refractivity contribution in [3.05, 3.63) is 88.3 Å². The van der Waals surface area contributed by atoms with Gasteiger partial charge in [0.2, 0.25) is 5.76 Å². The molecule has 0 saturated heterocycles. The van der Waals surface area contributed by atoms with E-state index in [1.807, 2.05) is 6.07 Å². The maximum atomic E-state index is 12.9. The number of fused-ring (bicyclic) bond motifs is 1. The van der Waals surface area contributed by atoms with Crippen LogP contribution in [0.1, 0.15) is 20.9 Å². The van der Waals surface area contributed by atoms with E-state index in [9.17, 15) is 19.5 Å². The molecule has 0 spiro atoms. The Balaban J connectivity index is 1.87. The number of anilines is 1. The van der Waals surface area contributed by atoms with Gasteiger partial charge in [-0.3, -0.25) is 9.59 Å². The summed E-state index contributed by atoms with van der Waals surface area (Å²) in [6.07, 6.45) is 0. The molecule has 0 radical (unpaired) electrons. The molecular formula is C25H19NO7. The zero-order valence-corrected chi connectivity index (χ0v) is 17.7. The van der Waals surface area contributed by atoms with Gasteiger partial charge < -0.3 is 24.3 Å². The van der Waals surface area contributed by atoms with Gasteiger partial charge in [-0.2, -0.15) is 0 Å². The molecule has 33 heavy (non-hydrogen) atoms. The molecule has 0 bridgehead atoms. The number of hydrogen-bond acceptors (Lipinski definition) is 6. The Morgan fingerprint density at radius 2 is 1.61 bits per heavy atom. The monoisotopic (exact) mass is 445 g/mol. The zero-order chi connectivity index (χ0) is 23.5. The number of aromatic carboxylic acids is 1. The third-order valence-electron chi connectivity index (χ3n) is 5.04. The van der Waals surface area contributed by atoms with Crippen molar-refractivity contribution >= 4 is 28.5 Å². The zero-order valence-electron chi connectivity index (χ0n) is 17.7. The second-order valence-electron chi connectivity index (χ2n) is 7.10. The van der Waals surface area contributed by atoms with Gasteiger partial charge >= 0.3 is 5.97 Å². The van der Waals surface area contributed by atoms with Crippen molar-refractivity contribution in [2.45, 2.75) is 0 Å². The van der Waals surface area contributed by atoms with E-state index in [2.05, 4.69) is 5.32 Å². The molecule has 8 nitrogen and oxygen atoms in total. The summed E-state index contributed by atoms with van der Waals surface area (Å²) in [5, 5.41) is 12.2. The first-order valence-electron chi connectivity index (χ1n) is 9.84. The highest BCUT2D eigenvalue weighted by Crippen LogP contribution is 2.32. The topological polar surface area (TPSA) is 115 Å². The van der Waals surface area contributed by atoms with Gasteiger partial charge in [-0.1, -0.05) is 12.1 Å². The lowest BCUT2D eigenvalue weighted by Crippen LogP contribution is -2.14. The summed E-state index contributed by atoms with van der Waals surface area (Å²) < 4.78 is 15.9. The molecule has 0 aliphatic carbocycles. The lowest BCUT2D eigenvalue weighted by atomic mass is 10.0. The minimum absolute atomic E-state index is 0.0339. The molecule has 1 heterocycles. The molecule has 0 saturated carbocycles. The molecule has 1 aromatic heterocycles. The number of carboxylic acids is 1. The van der Waals surface area contributed by atoms with Gasteiger partial charge in [0, 0.05) is 11.6 Å². The summed E-state index contributed by atoms with van der Waals surface area (Å²) in [5.74, 6) is -1.18. The highest BCUT2D eigenvalue weighted by molar-refractivity contribution is 6.09. The summed E-state index contributed by atoms with van der Waals surface area (Å²) in [6, 6.07) is 17.8. The molecule has 4 aromatic rings. The van der Waals surface area contributed by atoms with Gasteiger partial charge in [-0.15, -0.1) is 0 Å². The lowest BCUT2D eigenvalue weighted by molar-refractivity contribution is 0.0663. The molecular weight excluding hydrogens is 426 g/mol. The SMILES string of the molecule is COc1ccc(C(=O)Nc2cc(-c3cccc(OC)c3)cc3c(=O)cc(C(=O)O)oc23)cc1. The molecule has 0 unspecified atom stereocenters. The van der Waals surface area contributed by atoms with Gasteiger partial charge in [-0.25, -0.2) is 4.79 Å². The summed E-state index contributed by atoms with van der Waals surface area (Å²) in [4.78, 5) is 37.0. The summed E-state index contributed by atoms with van der Waals surface area (Å²) in [7, 11) is 3.06. The lowest BCUT2D eigenvalue weighted by Gasteiger charge is -2.12. The molecule has 0 aliphatic heterocycles. The number of carbonyl (C=O) groups excluding carboxylic acids is 1. The first-order valence-corrected chi connectivity index (χ1v) is 9.84. The Morgan fingerprint density at radius 1 is 0.879 bits per heavy atom. The number of carboxylic acid groups (broad SMARTS) is 1. The van der Waals surface area contributed by atoms with Crippen LogP contribution < -0.4 is 20.2 Å². The number of rotatable bonds is 6. The van der Waals surface area contributed by atoms with Crippen molar-refractivity contribution < 1.29 is 28.6 Å². The van der Waals surface area contributed by atoms with Crippen LogP contribution in [0.2, 0.25) is 0 Å². The van der Waals surface area contributed by atoms with Gasteiger partial charge in [0.05, 0.1) is 25.3 Å². The maximum Gasteiger partial charge on any atom is 0.371 e. The molecule has 166 valence electrons. The average molecular weight is 445 g/mol. The number of carbonyl (C=O) groups is 2. The quantitative estimate of drug-likeness (QED) is 0.451. The molecule has 0 aliphatic rings. The highest BCUT2D eigenvalue weighted by Gasteiger charge is 2.18. The Labute approximate surface area is 188 Å². The molecule has 0 atom stereocenters. The molecule has 3 aromatic carbocycles. The maximum absolute atomic E-state index is 12.9.